The highest BCUT2D eigenvalue weighted by Gasteiger charge is 2.28. The molecule has 1 aromatic carbocycles. The predicted octanol–water partition coefficient (Wildman–Crippen LogP) is 1.76. The number of carboxylic acid groups (broad SMARTS) is 1. The van der Waals surface area contributed by atoms with Gasteiger partial charge in [-0.1, -0.05) is 29.3 Å². The van der Waals surface area contributed by atoms with Gasteiger partial charge in [0.2, 0.25) is 10.0 Å². The average molecular weight is 342 g/mol. The van der Waals surface area contributed by atoms with Gasteiger partial charge in [0.1, 0.15) is 10.9 Å². The summed E-state index contributed by atoms with van der Waals surface area (Å²) in [6.07, 6.45) is -0.0207. The summed E-state index contributed by atoms with van der Waals surface area (Å²) < 4.78 is 31.1. The molecule has 1 rings (SSSR count). The molecule has 1 atom stereocenters. The molecule has 0 bridgehead atoms. The van der Waals surface area contributed by atoms with Gasteiger partial charge < -0.3 is 9.84 Å². The molecule has 20 heavy (non-hydrogen) atoms. The van der Waals surface area contributed by atoms with Crippen LogP contribution in [0.2, 0.25) is 10.0 Å². The van der Waals surface area contributed by atoms with E-state index in [0.29, 0.717) is 0 Å². The molecule has 2 N–H and O–H groups in total. The number of carboxylic acids is 1. The monoisotopic (exact) mass is 341 g/mol. The van der Waals surface area contributed by atoms with E-state index in [1.165, 1.54) is 25.3 Å². The molecule has 0 aliphatic heterocycles. The fourth-order valence-electron chi connectivity index (χ4n) is 1.45. The van der Waals surface area contributed by atoms with Crippen molar-refractivity contribution in [2.45, 2.75) is 17.4 Å². The lowest BCUT2D eigenvalue weighted by molar-refractivity contribution is -0.139. The molecule has 0 spiro atoms. The van der Waals surface area contributed by atoms with Crippen molar-refractivity contribution in [1.82, 2.24) is 4.72 Å². The van der Waals surface area contributed by atoms with E-state index in [-0.39, 0.29) is 28.0 Å². The SMILES string of the molecule is COCCC(NS(=O)(=O)c1c(Cl)cccc1Cl)C(=O)O. The van der Waals surface area contributed by atoms with Gasteiger partial charge in [0.25, 0.3) is 0 Å². The van der Waals surface area contributed by atoms with Crippen LogP contribution in [-0.4, -0.2) is 39.3 Å². The van der Waals surface area contributed by atoms with Crippen LogP contribution in [0, 0.1) is 0 Å². The summed E-state index contributed by atoms with van der Waals surface area (Å²) in [7, 11) is -2.76. The second-order valence-corrected chi connectivity index (χ2v) is 6.31. The third kappa shape index (κ3) is 4.32. The van der Waals surface area contributed by atoms with Crippen LogP contribution in [-0.2, 0) is 19.6 Å². The van der Waals surface area contributed by atoms with Crippen molar-refractivity contribution in [2.75, 3.05) is 13.7 Å². The third-order valence-corrected chi connectivity index (χ3v) is 4.82. The molecule has 6 nitrogen and oxygen atoms in total. The maximum atomic E-state index is 12.2. The molecular weight excluding hydrogens is 329 g/mol. The fourth-order valence-corrected chi connectivity index (χ4v) is 3.82. The Bertz CT molecular complexity index is 570. The van der Waals surface area contributed by atoms with E-state index >= 15 is 0 Å². The van der Waals surface area contributed by atoms with E-state index < -0.39 is 22.0 Å². The second kappa shape index (κ2) is 7.24. The maximum absolute atomic E-state index is 12.2. The van der Waals surface area contributed by atoms with Gasteiger partial charge in [-0.2, -0.15) is 4.72 Å². The highest BCUT2D eigenvalue weighted by atomic mass is 35.5. The first-order chi connectivity index (χ1) is 9.29. The standard InChI is InChI=1S/C11H13Cl2NO5S/c1-19-6-5-9(11(15)16)14-20(17,18)10-7(12)3-2-4-8(10)13/h2-4,9,14H,5-6H2,1H3,(H,15,16). The van der Waals surface area contributed by atoms with Gasteiger partial charge in [0, 0.05) is 13.7 Å². The molecule has 0 radical (unpaired) electrons. The summed E-state index contributed by atoms with van der Waals surface area (Å²) in [5.74, 6) is -1.31. The van der Waals surface area contributed by atoms with E-state index in [1.807, 2.05) is 4.72 Å². The minimum Gasteiger partial charge on any atom is -0.480 e. The van der Waals surface area contributed by atoms with Crippen LogP contribution in [0.15, 0.2) is 23.1 Å². The Morgan fingerprint density at radius 3 is 2.40 bits per heavy atom. The van der Waals surface area contributed by atoms with Crippen molar-refractivity contribution in [3.63, 3.8) is 0 Å². The Balaban J connectivity index is 3.07. The van der Waals surface area contributed by atoms with Gasteiger partial charge in [0.15, 0.2) is 0 Å². The molecule has 0 aliphatic carbocycles. The average Bonchev–Trinajstić information content (AvgIpc) is 2.33. The molecule has 0 aliphatic rings. The van der Waals surface area contributed by atoms with Gasteiger partial charge in [-0.3, -0.25) is 4.79 Å². The summed E-state index contributed by atoms with van der Waals surface area (Å²) in [6.45, 7) is 0.0930. The lowest BCUT2D eigenvalue weighted by Crippen LogP contribution is -2.41. The highest BCUT2D eigenvalue weighted by molar-refractivity contribution is 7.89. The number of benzene rings is 1. The first-order valence-corrected chi connectivity index (χ1v) is 7.71. The molecule has 0 fully saturated rings. The Morgan fingerprint density at radius 1 is 1.40 bits per heavy atom. The Hall–Kier alpha value is -0.860. The van der Waals surface area contributed by atoms with Crippen LogP contribution in [0.5, 0.6) is 0 Å². The number of hydrogen-bond acceptors (Lipinski definition) is 4. The molecule has 1 unspecified atom stereocenters. The van der Waals surface area contributed by atoms with Gasteiger partial charge in [-0.15, -0.1) is 0 Å². The lowest BCUT2D eigenvalue weighted by Gasteiger charge is -2.15. The number of halogens is 2. The summed E-state index contributed by atoms with van der Waals surface area (Å²) in [5.41, 5.74) is 0. The van der Waals surface area contributed by atoms with Crippen molar-refractivity contribution in [3.05, 3.63) is 28.2 Å². The topological polar surface area (TPSA) is 92.7 Å². The normalized spacial score (nSPS) is 13.2. The van der Waals surface area contributed by atoms with Crippen LogP contribution in [0.25, 0.3) is 0 Å². The quantitative estimate of drug-likeness (QED) is 0.788. The molecule has 0 heterocycles. The number of sulfonamides is 1. The zero-order chi connectivity index (χ0) is 15.3. The van der Waals surface area contributed by atoms with E-state index in [4.69, 9.17) is 33.0 Å². The van der Waals surface area contributed by atoms with Crippen LogP contribution in [0.3, 0.4) is 0 Å². The predicted molar refractivity (Wildman–Crippen MR) is 74.7 cm³/mol. The highest BCUT2D eigenvalue weighted by Crippen LogP contribution is 2.29. The summed E-state index contributed by atoms with van der Waals surface area (Å²) in [5, 5.41) is 8.84. The maximum Gasteiger partial charge on any atom is 0.321 e. The van der Waals surface area contributed by atoms with Crippen molar-refractivity contribution in [3.8, 4) is 0 Å². The van der Waals surface area contributed by atoms with Crippen LogP contribution >= 0.6 is 23.2 Å². The number of aliphatic carboxylic acids is 1. The summed E-state index contributed by atoms with van der Waals surface area (Å²) in [6, 6.07) is 2.87. The van der Waals surface area contributed by atoms with Crippen molar-refractivity contribution in [1.29, 1.82) is 0 Å². The fraction of sp³-hybridized carbons (Fsp3) is 0.364. The molecule has 1 aromatic rings. The van der Waals surface area contributed by atoms with Crippen LogP contribution < -0.4 is 4.72 Å². The van der Waals surface area contributed by atoms with Gasteiger partial charge in [-0.05, 0) is 18.6 Å². The van der Waals surface area contributed by atoms with Crippen LogP contribution in [0.1, 0.15) is 6.42 Å². The number of hydrogen-bond donors (Lipinski definition) is 2. The Morgan fingerprint density at radius 2 is 1.95 bits per heavy atom. The Kier molecular flexibility index (Phi) is 6.22. The van der Waals surface area contributed by atoms with Gasteiger partial charge in [0.05, 0.1) is 10.0 Å². The summed E-state index contributed by atoms with van der Waals surface area (Å²) >= 11 is 11.6. The second-order valence-electron chi connectivity index (χ2n) is 3.84. The van der Waals surface area contributed by atoms with Crippen molar-refractivity contribution in [2.24, 2.45) is 0 Å². The zero-order valence-electron chi connectivity index (χ0n) is 10.5. The molecule has 0 amide bonds. The lowest BCUT2D eigenvalue weighted by atomic mass is 10.2. The molecular formula is C11H13Cl2NO5S. The van der Waals surface area contributed by atoms with Gasteiger partial charge >= 0.3 is 5.97 Å². The molecule has 112 valence electrons. The zero-order valence-corrected chi connectivity index (χ0v) is 12.8. The van der Waals surface area contributed by atoms with Crippen LogP contribution in [0.4, 0.5) is 0 Å². The van der Waals surface area contributed by atoms with E-state index in [9.17, 15) is 13.2 Å². The molecule has 0 saturated carbocycles. The number of methoxy groups -OCH3 is 1. The molecule has 0 saturated heterocycles. The summed E-state index contributed by atoms with van der Waals surface area (Å²) in [4.78, 5) is 10.7. The van der Waals surface area contributed by atoms with Crippen molar-refractivity contribution >= 4 is 39.2 Å². The Labute approximate surface area is 126 Å². The minimum absolute atomic E-state index is 0.0207. The molecule has 9 heteroatoms. The van der Waals surface area contributed by atoms with Crippen molar-refractivity contribution < 1.29 is 23.1 Å². The largest absolute Gasteiger partial charge is 0.480 e. The number of rotatable bonds is 7. The minimum atomic E-state index is -4.15. The van der Waals surface area contributed by atoms with Gasteiger partial charge in [-0.25, -0.2) is 8.42 Å². The first-order valence-electron chi connectivity index (χ1n) is 5.47. The van der Waals surface area contributed by atoms with E-state index in [2.05, 4.69) is 0 Å². The number of ether oxygens (including phenoxy) is 1. The molecule has 0 aromatic heterocycles. The number of carbonyl (C=O) groups is 1. The first kappa shape index (κ1) is 17.2. The number of nitrogens with one attached hydrogen (secondary N) is 1. The van der Waals surface area contributed by atoms with E-state index in [1.54, 1.807) is 0 Å². The third-order valence-electron chi connectivity index (χ3n) is 2.39. The van der Waals surface area contributed by atoms with E-state index in [0.717, 1.165) is 0 Å². The smallest absolute Gasteiger partial charge is 0.321 e.